The van der Waals surface area contributed by atoms with Gasteiger partial charge in [-0.2, -0.15) is 10.3 Å². The van der Waals surface area contributed by atoms with Gasteiger partial charge in [0.05, 0.1) is 3.82 Å². The van der Waals surface area contributed by atoms with Crippen molar-refractivity contribution in [1.82, 2.24) is 0 Å². The van der Waals surface area contributed by atoms with Crippen molar-refractivity contribution in [3.63, 3.8) is 0 Å². The van der Waals surface area contributed by atoms with Crippen molar-refractivity contribution in [3.8, 4) is 11.1 Å². The maximum atomic E-state index is 5.22. The van der Waals surface area contributed by atoms with E-state index >= 15 is 0 Å². The van der Waals surface area contributed by atoms with Gasteiger partial charge in [0.1, 0.15) is 0 Å². The summed E-state index contributed by atoms with van der Waals surface area (Å²) < 4.78 is 1.81. The van der Waals surface area contributed by atoms with Gasteiger partial charge in [0.15, 0.2) is 0 Å². The number of hydrogen-bond acceptors (Lipinski definition) is 4. The highest BCUT2D eigenvalue weighted by Crippen LogP contribution is 2.33. The number of hydrogen-bond donors (Lipinski definition) is 0. The Balaban J connectivity index is 2.65. The molecule has 0 bridgehead atoms. The van der Waals surface area contributed by atoms with E-state index in [-0.39, 0.29) is 0 Å². The maximum absolute atomic E-state index is 5.22. The third-order valence-electron chi connectivity index (χ3n) is 1.66. The molecule has 0 saturated heterocycles. The summed E-state index contributed by atoms with van der Waals surface area (Å²) >= 11 is 10.4. The fourth-order valence-corrected chi connectivity index (χ4v) is 4.11. The zero-order valence-corrected chi connectivity index (χ0v) is 9.79. The summed E-state index contributed by atoms with van der Waals surface area (Å²) in [5.41, 5.74) is 2.19. The summed E-state index contributed by atoms with van der Waals surface area (Å²) in [7, 11) is 3.16. The molecular weight excluding hydrogens is 236 g/mol. The molecule has 0 nitrogen and oxygen atoms in total. The van der Waals surface area contributed by atoms with E-state index in [9.17, 15) is 0 Å². The minimum atomic E-state index is 0.904. The molecule has 0 amide bonds. The predicted octanol–water partition coefficient (Wildman–Crippen LogP) is 4.11. The lowest BCUT2D eigenvalue weighted by atomic mass is 10.1. The summed E-state index contributed by atoms with van der Waals surface area (Å²) in [5, 5.41) is 0. The second-order valence-electron chi connectivity index (χ2n) is 2.48. The molecule has 13 heavy (non-hydrogen) atoms. The second kappa shape index (κ2) is 3.84. The van der Waals surface area contributed by atoms with Gasteiger partial charge >= 0.3 is 0 Å². The molecule has 1 aromatic carbocycles. The standard InChI is InChI=1S/C9H6S4/c10-8-7(9(11)13-12-8)6-4-2-1-3-5-6/h1-5,10H/p-1. The van der Waals surface area contributed by atoms with Crippen molar-refractivity contribution in [2.24, 2.45) is 0 Å². The molecule has 0 radical (unpaired) electrons. The van der Waals surface area contributed by atoms with Gasteiger partial charge in [-0.15, -0.1) is 4.21 Å². The molecular formula is C9H5S4-. The smallest absolute Gasteiger partial charge is 0.0885 e. The number of benzene rings is 1. The van der Waals surface area contributed by atoms with Gasteiger partial charge in [-0.05, 0) is 11.1 Å². The summed E-state index contributed by atoms with van der Waals surface area (Å²) in [6.45, 7) is 0. The lowest BCUT2D eigenvalue weighted by molar-refractivity contribution is 1.61. The van der Waals surface area contributed by atoms with Crippen LogP contribution in [0.2, 0.25) is 0 Å². The van der Waals surface area contributed by atoms with Gasteiger partial charge < -0.3 is 23.0 Å². The molecule has 0 unspecified atom stereocenters. The summed E-state index contributed by atoms with van der Waals surface area (Å²) in [6.07, 6.45) is 0. The molecule has 0 fully saturated rings. The first-order valence-electron chi connectivity index (χ1n) is 3.64. The summed E-state index contributed by atoms with van der Waals surface area (Å²) in [4.78, 5) is 0. The molecule has 0 N–H and O–H groups in total. The largest absolute Gasteiger partial charge is 0.427 e. The zero-order valence-electron chi connectivity index (χ0n) is 6.52. The highest BCUT2D eigenvalue weighted by molar-refractivity contribution is 7.81. The first-order valence-corrected chi connectivity index (χ1v) is 6.61. The fourth-order valence-electron chi connectivity index (χ4n) is 1.08. The predicted molar refractivity (Wildman–Crippen MR) is 64.1 cm³/mol. The zero-order chi connectivity index (χ0) is 9.26. The molecule has 0 aliphatic heterocycles. The second-order valence-corrected chi connectivity index (χ2v) is 5.97. The van der Waals surface area contributed by atoms with Gasteiger partial charge in [-0.25, -0.2) is 0 Å². The van der Waals surface area contributed by atoms with Crippen LogP contribution in [-0.2, 0) is 12.6 Å². The van der Waals surface area contributed by atoms with E-state index in [4.69, 9.17) is 24.8 Å². The Labute approximate surface area is 94.7 Å². The molecule has 66 valence electrons. The van der Waals surface area contributed by atoms with Crippen LogP contribution in [0.3, 0.4) is 0 Å². The number of rotatable bonds is 1. The first kappa shape index (κ1) is 9.27. The van der Waals surface area contributed by atoms with Gasteiger partial charge in [0.25, 0.3) is 0 Å². The quantitative estimate of drug-likeness (QED) is 0.418. The van der Waals surface area contributed by atoms with E-state index in [1.165, 1.54) is 0 Å². The SMILES string of the molecule is S=c1ssc([S-])c1-c1ccccc1. The Morgan fingerprint density at radius 3 is 2.31 bits per heavy atom. The fraction of sp³-hybridized carbons (Fsp3) is 0. The average molecular weight is 241 g/mol. The van der Waals surface area contributed by atoms with E-state index in [1.54, 1.807) is 20.7 Å². The Hall–Kier alpha value is -0.290. The lowest BCUT2D eigenvalue weighted by Gasteiger charge is -2.02. The highest BCUT2D eigenvalue weighted by Gasteiger charge is 1.99. The third-order valence-corrected chi connectivity index (χ3v) is 5.25. The molecule has 0 aliphatic rings. The van der Waals surface area contributed by atoms with Crippen LogP contribution >= 0.6 is 32.9 Å². The molecule has 0 atom stereocenters. The topological polar surface area (TPSA) is 0 Å². The Morgan fingerprint density at radius 1 is 1.08 bits per heavy atom. The lowest BCUT2D eigenvalue weighted by Crippen LogP contribution is -1.75. The van der Waals surface area contributed by atoms with Gasteiger partial charge in [0, 0.05) is 0 Å². The van der Waals surface area contributed by atoms with Crippen LogP contribution in [0, 0.1) is 3.82 Å². The Bertz CT molecular complexity index is 452. The van der Waals surface area contributed by atoms with Crippen molar-refractivity contribution < 1.29 is 0 Å². The van der Waals surface area contributed by atoms with E-state index in [0.29, 0.717) is 0 Å². The summed E-state index contributed by atoms with van der Waals surface area (Å²) in [6, 6.07) is 10.1. The van der Waals surface area contributed by atoms with Crippen LogP contribution in [0.15, 0.2) is 34.5 Å². The van der Waals surface area contributed by atoms with Crippen LogP contribution in [0.25, 0.3) is 11.1 Å². The van der Waals surface area contributed by atoms with Crippen LogP contribution in [0.1, 0.15) is 0 Å². The molecule has 2 aromatic rings. The Morgan fingerprint density at radius 2 is 1.77 bits per heavy atom. The van der Waals surface area contributed by atoms with Crippen LogP contribution in [-0.4, -0.2) is 0 Å². The van der Waals surface area contributed by atoms with Crippen molar-refractivity contribution in [2.75, 3.05) is 0 Å². The summed E-state index contributed by atoms with van der Waals surface area (Å²) in [5.74, 6) is 0. The van der Waals surface area contributed by atoms with Gasteiger partial charge in [-0.3, -0.25) is 0 Å². The molecule has 1 heterocycles. The molecule has 0 spiro atoms. The van der Waals surface area contributed by atoms with Crippen LogP contribution in [0.4, 0.5) is 0 Å². The first-order chi connectivity index (χ1) is 6.29. The average Bonchev–Trinajstić information content (AvgIpc) is 2.48. The molecule has 1 aromatic heterocycles. The minimum absolute atomic E-state index is 0.904. The monoisotopic (exact) mass is 241 g/mol. The molecule has 0 saturated carbocycles. The normalized spacial score (nSPS) is 10.2. The van der Waals surface area contributed by atoms with Crippen molar-refractivity contribution in [3.05, 3.63) is 34.2 Å². The third kappa shape index (κ3) is 1.81. The minimum Gasteiger partial charge on any atom is -0.427 e. The van der Waals surface area contributed by atoms with Crippen molar-refractivity contribution >= 4 is 45.5 Å². The molecule has 2 rings (SSSR count). The molecule has 0 aliphatic carbocycles. The van der Waals surface area contributed by atoms with E-state index in [0.717, 1.165) is 19.2 Å². The Kier molecular flexibility index (Phi) is 2.74. The van der Waals surface area contributed by atoms with Crippen molar-refractivity contribution in [1.29, 1.82) is 0 Å². The maximum Gasteiger partial charge on any atom is 0.0885 e. The van der Waals surface area contributed by atoms with E-state index in [2.05, 4.69) is 0 Å². The van der Waals surface area contributed by atoms with Crippen LogP contribution < -0.4 is 0 Å². The highest BCUT2D eigenvalue weighted by atomic mass is 32.9. The van der Waals surface area contributed by atoms with E-state index in [1.807, 2.05) is 30.3 Å². The van der Waals surface area contributed by atoms with Gasteiger partial charge in [-0.1, -0.05) is 42.5 Å². The van der Waals surface area contributed by atoms with E-state index < -0.39 is 0 Å². The van der Waals surface area contributed by atoms with Crippen LogP contribution in [0.5, 0.6) is 0 Å². The van der Waals surface area contributed by atoms with Gasteiger partial charge in [0.2, 0.25) is 0 Å². The van der Waals surface area contributed by atoms with Crippen molar-refractivity contribution in [2.45, 2.75) is 4.21 Å². The molecule has 4 heteroatoms.